The molecular weight excluding hydrogens is 323 g/mol. The molecular formula is C16H18F3N3O2. The predicted octanol–water partition coefficient (Wildman–Crippen LogP) is 3.07. The van der Waals surface area contributed by atoms with Gasteiger partial charge in [-0.3, -0.25) is 4.79 Å². The van der Waals surface area contributed by atoms with Crippen molar-refractivity contribution in [2.24, 2.45) is 0 Å². The maximum atomic E-state index is 12.6. The molecule has 1 rings (SSSR count). The van der Waals surface area contributed by atoms with Gasteiger partial charge in [-0.15, -0.1) is 0 Å². The Morgan fingerprint density at radius 3 is 2.79 bits per heavy atom. The number of halogens is 3. The zero-order valence-corrected chi connectivity index (χ0v) is 13.1. The largest absolute Gasteiger partial charge is 0.416 e. The summed E-state index contributed by atoms with van der Waals surface area (Å²) < 4.78 is 43.0. The van der Waals surface area contributed by atoms with Crippen LogP contribution in [0, 0.1) is 11.3 Å². The zero-order chi connectivity index (χ0) is 18.0. The minimum absolute atomic E-state index is 0.0349. The normalized spacial score (nSPS) is 11.7. The van der Waals surface area contributed by atoms with Crippen LogP contribution in [0.4, 0.5) is 18.9 Å². The molecule has 0 saturated carbocycles. The minimum Gasteiger partial charge on any atom is -0.390 e. The maximum Gasteiger partial charge on any atom is 0.416 e. The van der Waals surface area contributed by atoms with Crippen LogP contribution in [0.3, 0.4) is 0 Å². The Bertz CT molecular complexity index is 622. The quantitative estimate of drug-likeness (QED) is 0.433. The monoisotopic (exact) mass is 341 g/mol. The topological polar surface area (TPSA) is 74.1 Å². The van der Waals surface area contributed by atoms with E-state index < -0.39 is 17.6 Å². The van der Waals surface area contributed by atoms with E-state index in [0.29, 0.717) is 26.2 Å². The maximum absolute atomic E-state index is 12.6. The van der Waals surface area contributed by atoms with Crippen molar-refractivity contribution in [3.8, 4) is 6.07 Å². The lowest BCUT2D eigenvalue weighted by Crippen LogP contribution is -2.18. The van der Waals surface area contributed by atoms with Crippen molar-refractivity contribution in [2.45, 2.75) is 19.5 Å². The number of nitrogens with zero attached hydrogens (tertiary/aromatic N) is 1. The first-order valence-electron chi connectivity index (χ1n) is 7.28. The Morgan fingerprint density at radius 2 is 2.17 bits per heavy atom. The number of benzene rings is 1. The number of nitriles is 1. The second-order valence-electron chi connectivity index (χ2n) is 4.71. The van der Waals surface area contributed by atoms with Gasteiger partial charge in [0.05, 0.1) is 5.56 Å². The van der Waals surface area contributed by atoms with Crippen molar-refractivity contribution in [2.75, 3.05) is 25.1 Å². The van der Waals surface area contributed by atoms with Crippen LogP contribution >= 0.6 is 0 Å². The van der Waals surface area contributed by atoms with Crippen LogP contribution < -0.4 is 10.6 Å². The SMILES string of the molecule is CCOCCCN/C=C(/C#N)C(=O)Nc1cccc(C(F)(F)F)c1. The standard InChI is InChI=1S/C16H18F3N3O2/c1-2-24-8-4-7-21-11-12(10-20)15(23)22-14-6-3-5-13(9-14)16(17,18)19/h3,5-6,9,11,21H,2,4,7-8H2,1H3,(H,22,23)/b12-11-. The highest BCUT2D eigenvalue weighted by atomic mass is 19.4. The number of hydrogen-bond donors (Lipinski definition) is 2. The average molecular weight is 341 g/mol. The first-order chi connectivity index (χ1) is 11.4. The Morgan fingerprint density at radius 1 is 1.42 bits per heavy atom. The highest BCUT2D eigenvalue weighted by Crippen LogP contribution is 2.30. The van der Waals surface area contributed by atoms with Crippen LogP contribution in [-0.2, 0) is 15.7 Å². The van der Waals surface area contributed by atoms with Crippen LogP contribution in [-0.4, -0.2) is 25.7 Å². The molecule has 8 heteroatoms. The van der Waals surface area contributed by atoms with E-state index in [0.717, 1.165) is 12.1 Å². The van der Waals surface area contributed by atoms with E-state index in [9.17, 15) is 18.0 Å². The minimum atomic E-state index is -4.50. The molecule has 0 saturated heterocycles. The van der Waals surface area contributed by atoms with Gasteiger partial charge < -0.3 is 15.4 Å². The molecule has 0 radical (unpaired) electrons. The van der Waals surface area contributed by atoms with Crippen molar-refractivity contribution < 1.29 is 22.7 Å². The number of amides is 1. The Hall–Kier alpha value is -2.53. The van der Waals surface area contributed by atoms with E-state index in [4.69, 9.17) is 10.00 Å². The second kappa shape index (κ2) is 9.57. The Kier molecular flexibility index (Phi) is 7.79. The summed E-state index contributed by atoms with van der Waals surface area (Å²) in [6.07, 6.45) is -2.58. The van der Waals surface area contributed by atoms with E-state index in [1.54, 1.807) is 6.07 Å². The first-order valence-corrected chi connectivity index (χ1v) is 7.28. The molecule has 0 bridgehead atoms. The molecule has 0 aromatic heterocycles. The average Bonchev–Trinajstić information content (AvgIpc) is 2.53. The van der Waals surface area contributed by atoms with Gasteiger partial charge in [0.1, 0.15) is 11.6 Å². The third kappa shape index (κ3) is 6.71. The lowest BCUT2D eigenvalue weighted by molar-refractivity contribution is -0.137. The van der Waals surface area contributed by atoms with Crippen molar-refractivity contribution >= 4 is 11.6 Å². The highest BCUT2D eigenvalue weighted by Gasteiger charge is 2.30. The van der Waals surface area contributed by atoms with Gasteiger partial charge in [0, 0.05) is 31.6 Å². The van der Waals surface area contributed by atoms with Crippen LogP contribution in [0.25, 0.3) is 0 Å². The van der Waals surface area contributed by atoms with Gasteiger partial charge in [0.25, 0.3) is 5.91 Å². The molecule has 0 spiro atoms. The summed E-state index contributed by atoms with van der Waals surface area (Å²) in [6.45, 7) is 3.54. The molecule has 5 nitrogen and oxygen atoms in total. The number of carbonyl (C=O) groups excluding carboxylic acids is 1. The molecule has 1 aromatic carbocycles. The van der Waals surface area contributed by atoms with E-state index in [1.165, 1.54) is 18.3 Å². The van der Waals surface area contributed by atoms with E-state index in [-0.39, 0.29) is 11.3 Å². The van der Waals surface area contributed by atoms with Crippen molar-refractivity contribution in [1.82, 2.24) is 5.32 Å². The number of carbonyl (C=O) groups is 1. The summed E-state index contributed by atoms with van der Waals surface area (Å²) in [7, 11) is 0. The van der Waals surface area contributed by atoms with Crippen molar-refractivity contribution in [3.63, 3.8) is 0 Å². The zero-order valence-electron chi connectivity index (χ0n) is 13.1. The molecule has 0 aliphatic heterocycles. The van der Waals surface area contributed by atoms with Crippen LogP contribution in [0.1, 0.15) is 18.9 Å². The Labute approximate surface area is 138 Å². The fourth-order valence-electron chi connectivity index (χ4n) is 1.72. The van der Waals surface area contributed by atoms with Crippen molar-refractivity contribution in [1.29, 1.82) is 5.26 Å². The summed E-state index contributed by atoms with van der Waals surface area (Å²) >= 11 is 0. The number of anilines is 1. The number of ether oxygens (including phenoxy) is 1. The summed E-state index contributed by atoms with van der Waals surface area (Å²) in [5, 5.41) is 14.0. The molecule has 0 heterocycles. The lowest BCUT2D eigenvalue weighted by Gasteiger charge is -2.09. The van der Waals surface area contributed by atoms with Gasteiger partial charge in [0.15, 0.2) is 0 Å². The Balaban J connectivity index is 2.63. The predicted molar refractivity (Wildman–Crippen MR) is 82.9 cm³/mol. The van der Waals surface area contributed by atoms with E-state index in [1.807, 2.05) is 6.92 Å². The number of nitrogens with one attached hydrogen (secondary N) is 2. The fourth-order valence-corrected chi connectivity index (χ4v) is 1.72. The summed E-state index contributed by atoms with van der Waals surface area (Å²) in [5.41, 5.74) is -1.15. The second-order valence-corrected chi connectivity index (χ2v) is 4.71. The third-order valence-corrected chi connectivity index (χ3v) is 2.87. The molecule has 1 aromatic rings. The summed E-state index contributed by atoms with van der Waals surface area (Å²) in [6, 6.07) is 5.91. The summed E-state index contributed by atoms with van der Waals surface area (Å²) in [4.78, 5) is 11.9. The van der Waals surface area contributed by atoms with Gasteiger partial charge in [-0.2, -0.15) is 18.4 Å². The first kappa shape index (κ1) is 19.5. The molecule has 0 aliphatic rings. The van der Waals surface area contributed by atoms with Gasteiger partial charge in [-0.25, -0.2) is 0 Å². The molecule has 24 heavy (non-hydrogen) atoms. The van der Waals surface area contributed by atoms with E-state index in [2.05, 4.69) is 10.6 Å². The van der Waals surface area contributed by atoms with Gasteiger partial charge in [-0.1, -0.05) is 6.07 Å². The smallest absolute Gasteiger partial charge is 0.390 e. The molecule has 0 atom stereocenters. The molecule has 2 N–H and O–H groups in total. The summed E-state index contributed by atoms with van der Waals surface area (Å²) in [5.74, 6) is -0.783. The van der Waals surface area contributed by atoms with Gasteiger partial charge in [0.2, 0.25) is 0 Å². The molecule has 0 fully saturated rings. The molecule has 130 valence electrons. The number of hydrogen-bond acceptors (Lipinski definition) is 4. The number of rotatable bonds is 8. The number of alkyl halides is 3. The molecule has 1 amide bonds. The van der Waals surface area contributed by atoms with Crippen molar-refractivity contribution in [3.05, 3.63) is 41.6 Å². The fraction of sp³-hybridized carbons (Fsp3) is 0.375. The van der Waals surface area contributed by atoms with Crippen LogP contribution in [0.2, 0.25) is 0 Å². The van der Waals surface area contributed by atoms with E-state index >= 15 is 0 Å². The van der Waals surface area contributed by atoms with Crippen LogP contribution in [0.5, 0.6) is 0 Å². The lowest BCUT2D eigenvalue weighted by atomic mass is 10.2. The molecule has 0 aliphatic carbocycles. The third-order valence-electron chi connectivity index (χ3n) is 2.87. The highest BCUT2D eigenvalue weighted by molar-refractivity contribution is 6.06. The van der Waals surface area contributed by atoms with Gasteiger partial charge in [-0.05, 0) is 31.5 Å². The van der Waals surface area contributed by atoms with Crippen LogP contribution in [0.15, 0.2) is 36.0 Å². The molecule has 0 unspecified atom stereocenters. The van der Waals surface area contributed by atoms with Gasteiger partial charge >= 0.3 is 6.18 Å².